The Bertz CT molecular complexity index is 1280. The summed E-state index contributed by atoms with van der Waals surface area (Å²) in [5.41, 5.74) is 10.9. The van der Waals surface area contributed by atoms with E-state index < -0.39 is 0 Å². The summed E-state index contributed by atoms with van der Waals surface area (Å²) in [6, 6.07) is 36.0. The van der Waals surface area contributed by atoms with Gasteiger partial charge >= 0.3 is 0 Å². The van der Waals surface area contributed by atoms with Gasteiger partial charge in [-0.15, -0.1) is 0 Å². The molecule has 2 heteroatoms. The highest BCUT2D eigenvalue weighted by Gasteiger charge is 2.51. The van der Waals surface area contributed by atoms with Crippen LogP contribution in [0.1, 0.15) is 48.9 Å². The van der Waals surface area contributed by atoms with Gasteiger partial charge in [-0.05, 0) is 57.3 Å². The zero-order valence-electron chi connectivity index (χ0n) is 20.4. The van der Waals surface area contributed by atoms with Crippen LogP contribution < -0.4 is 0 Å². The van der Waals surface area contributed by atoms with Crippen molar-refractivity contribution in [3.63, 3.8) is 0 Å². The van der Waals surface area contributed by atoms with E-state index in [1.807, 2.05) is 0 Å². The van der Waals surface area contributed by atoms with E-state index in [0.29, 0.717) is 0 Å². The Balaban J connectivity index is 1.38. The molecule has 0 fully saturated rings. The van der Waals surface area contributed by atoms with E-state index in [0.717, 1.165) is 19.5 Å². The van der Waals surface area contributed by atoms with Crippen LogP contribution in [0.4, 0.5) is 0 Å². The quantitative estimate of drug-likeness (QED) is 0.312. The first-order chi connectivity index (χ1) is 17.3. The third kappa shape index (κ3) is 2.44. The second-order valence-electron chi connectivity index (χ2n) is 9.99. The molecule has 3 aliphatic rings. The van der Waals surface area contributed by atoms with Gasteiger partial charge in [-0.1, -0.05) is 111 Å². The molecule has 0 saturated heterocycles. The van der Waals surface area contributed by atoms with Crippen LogP contribution in [0.3, 0.4) is 0 Å². The fourth-order valence-electron chi connectivity index (χ4n) is 7.31. The normalized spacial score (nSPS) is 17.8. The summed E-state index contributed by atoms with van der Waals surface area (Å²) < 4.78 is 0. The Morgan fingerprint density at radius 1 is 0.486 bits per heavy atom. The Labute approximate surface area is 208 Å². The monoisotopic (exact) mass is 454 g/mol. The van der Waals surface area contributed by atoms with Crippen LogP contribution in [0.25, 0.3) is 22.3 Å². The van der Waals surface area contributed by atoms with Crippen molar-refractivity contribution in [1.29, 1.82) is 0 Å². The number of rotatable bonds is 4. The minimum absolute atomic E-state index is 0.162. The highest BCUT2D eigenvalue weighted by molar-refractivity contribution is 5.82. The molecule has 2 nitrogen and oxygen atoms in total. The largest absolute Gasteiger partial charge is 0.345 e. The molecule has 0 saturated carbocycles. The van der Waals surface area contributed by atoms with Crippen molar-refractivity contribution in [1.82, 2.24) is 9.80 Å². The lowest BCUT2D eigenvalue weighted by atomic mass is 9.82. The molecule has 0 atom stereocenters. The molecule has 0 N–H and O–H groups in total. The maximum atomic E-state index is 2.60. The molecule has 0 bridgehead atoms. The number of hydrogen-bond acceptors (Lipinski definition) is 2. The molecule has 1 heterocycles. The van der Waals surface area contributed by atoms with Crippen molar-refractivity contribution >= 4 is 0 Å². The Morgan fingerprint density at radius 3 is 1.06 bits per heavy atom. The first-order valence-corrected chi connectivity index (χ1v) is 12.9. The zero-order chi connectivity index (χ0) is 23.6. The van der Waals surface area contributed by atoms with E-state index >= 15 is 0 Å². The summed E-state index contributed by atoms with van der Waals surface area (Å²) in [4.78, 5) is 5.19. The summed E-state index contributed by atoms with van der Waals surface area (Å²) in [5, 5.41) is 0. The van der Waals surface area contributed by atoms with Crippen molar-refractivity contribution in [2.45, 2.75) is 37.8 Å². The summed E-state index contributed by atoms with van der Waals surface area (Å²) in [5.74, 6) is 0. The van der Waals surface area contributed by atoms with Gasteiger partial charge in [0.1, 0.15) is 0 Å². The molecular formula is C33H30N2. The van der Waals surface area contributed by atoms with E-state index in [4.69, 9.17) is 0 Å². The predicted octanol–water partition coefficient (Wildman–Crippen LogP) is 7.70. The lowest BCUT2D eigenvalue weighted by Gasteiger charge is -2.45. The first-order valence-electron chi connectivity index (χ1n) is 12.9. The smallest absolute Gasteiger partial charge is 0.0928 e. The summed E-state index contributed by atoms with van der Waals surface area (Å²) in [6.45, 7) is 5.53. The van der Waals surface area contributed by atoms with Crippen molar-refractivity contribution in [3.8, 4) is 22.3 Å². The molecule has 172 valence electrons. The number of benzene rings is 4. The fraction of sp³-hybridized carbons (Fsp3) is 0.212. The third-order valence-corrected chi connectivity index (χ3v) is 8.81. The van der Waals surface area contributed by atoms with Crippen molar-refractivity contribution in [2.24, 2.45) is 0 Å². The minimum Gasteiger partial charge on any atom is -0.345 e. The van der Waals surface area contributed by atoms with Crippen LogP contribution in [0.2, 0.25) is 0 Å². The molecule has 0 aromatic heterocycles. The third-order valence-electron chi connectivity index (χ3n) is 8.81. The number of nitrogens with zero attached hydrogens (tertiary/aromatic N) is 2. The van der Waals surface area contributed by atoms with Gasteiger partial charge in [0.25, 0.3) is 0 Å². The molecule has 0 radical (unpaired) electrons. The summed E-state index contributed by atoms with van der Waals surface area (Å²) in [7, 11) is 0. The van der Waals surface area contributed by atoms with Crippen LogP contribution in [-0.2, 0) is 11.1 Å². The van der Waals surface area contributed by atoms with Crippen LogP contribution in [0.15, 0.2) is 109 Å². The molecule has 0 amide bonds. The lowest BCUT2D eigenvalue weighted by Crippen LogP contribution is -2.48. The van der Waals surface area contributed by atoms with Gasteiger partial charge in [0, 0.05) is 12.4 Å². The minimum atomic E-state index is -0.162. The Hall–Kier alpha value is -3.78. The molecule has 0 unspecified atom stereocenters. The van der Waals surface area contributed by atoms with Crippen LogP contribution in [0, 0.1) is 0 Å². The van der Waals surface area contributed by atoms with Crippen LogP contribution in [-0.4, -0.2) is 16.5 Å². The number of hydrogen-bond donors (Lipinski definition) is 0. The van der Waals surface area contributed by atoms with Gasteiger partial charge in [-0.3, -0.25) is 0 Å². The van der Waals surface area contributed by atoms with Gasteiger partial charge in [-0.2, -0.15) is 0 Å². The van der Waals surface area contributed by atoms with E-state index in [1.54, 1.807) is 0 Å². The van der Waals surface area contributed by atoms with E-state index in [9.17, 15) is 0 Å². The molecule has 4 aromatic rings. The molecule has 2 aliphatic carbocycles. The van der Waals surface area contributed by atoms with Gasteiger partial charge in [0.2, 0.25) is 0 Å². The average molecular weight is 455 g/mol. The predicted molar refractivity (Wildman–Crippen MR) is 144 cm³/mol. The average Bonchev–Trinajstić information content (AvgIpc) is 3.60. The number of fused-ring (bicyclic) bond motifs is 6. The maximum Gasteiger partial charge on any atom is 0.0928 e. The van der Waals surface area contributed by atoms with E-state index in [1.165, 1.54) is 44.5 Å². The highest BCUT2D eigenvalue weighted by Crippen LogP contribution is 2.56. The van der Waals surface area contributed by atoms with Crippen molar-refractivity contribution < 1.29 is 0 Å². The summed E-state index contributed by atoms with van der Waals surface area (Å²) >= 11 is 0. The maximum absolute atomic E-state index is 2.60. The molecule has 1 aliphatic heterocycles. The van der Waals surface area contributed by atoms with E-state index in [-0.39, 0.29) is 11.1 Å². The Kier molecular flexibility index (Phi) is 4.33. The van der Waals surface area contributed by atoms with Gasteiger partial charge in [0.15, 0.2) is 0 Å². The highest BCUT2D eigenvalue weighted by atomic mass is 15.4. The van der Waals surface area contributed by atoms with Gasteiger partial charge < -0.3 is 9.80 Å². The van der Waals surface area contributed by atoms with Crippen LogP contribution >= 0.6 is 0 Å². The second-order valence-corrected chi connectivity index (χ2v) is 9.99. The second kappa shape index (κ2) is 7.36. The molecule has 0 spiro atoms. The SMILES string of the molecule is CCC1(N2C=CN(C3(CC)c4ccccc4-c4ccccc43)C2)c2ccccc2-c2ccccc21. The van der Waals surface area contributed by atoms with Crippen molar-refractivity contribution in [2.75, 3.05) is 6.67 Å². The van der Waals surface area contributed by atoms with Crippen LogP contribution in [0.5, 0.6) is 0 Å². The molecule has 35 heavy (non-hydrogen) atoms. The topological polar surface area (TPSA) is 6.48 Å². The standard InChI is InChI=1S/C33H30N2/c1-3-32(28-17-9-5-13-24(28)25-14-6-10-18-29(25)32)34-21-22-35(23-34)33(4-2)30-19-11-7-15-26(30)27-16-8-12-20-31(27)33/h5-22H,3-4,23H2,1-2H3. The molecular weight excluding hydrogens is 424 g/mol. The van der Waals surface area contributed by atoms with E-state index in [2.05, 4.69) is 133 Å². The molecule has 4 aromatic carbocycles. The fourth-order valence-corrected chi connectivity index (χ4v) is 7.31. The van der Waals surface area contributed by atoms with Gasteiger partial charge in [0.05, 0.1) is 17.7 Å². The zero-order valence-corrected chi connectivity index (χ0v) is 20.4. The Morgan fingerprint density at radius 2 is 0.771 bits per heavy atom. The van der Waals surface area contributed by atoms with Crippen molar-refractivity contribution in [3.05, 3.63) is 132 Å². The lowest BCUT2D eigenvalue weighted by molar-refractivity contribution is 0.0932. The first kappa shape index (κ1) is 20.6. The molecule has 7 rings (SSSR count). The van der Waals surface area contributed by atoms with Gasteiger partial charge in [-0.25, -0.2) is 0 Å². The summed E-state index contributed by atoms with van der Waals surface area (Å²) in [6.07, 6.45) is 6.74.